The Hall–Kier alpha value is -1.59. The first-order chi connectivity index (χ1) is 13.0. The molecular formula is C21H32N2O4. The number of nitrogens with zero attached hydrogens (tertiary/aromatic N) is 1. The largest absolute Gasteiger partial charge is 0.469 e. The van der Waals surface area contributed by atoms with Gasteiger partial charge in [0.2, 0.25) is 11.8 Å². The predicted molar refractivity (Wildman–Crippen MR) is 99.6 cm³/mol. The fourth-order valence-corrected chi connectivity index (χ4v) is 6.73. The molecule has 5 fully saturated rings. The van der Waals surface area contributed by atoms with Crippen molar-refractivity contribution in [3.05, 3.63) is 0 Å². The Morgan fingerprint density at radius 3 is 2.07 bits per heavy atom. The summed E-state index contributed by atoms with van der Waals surface area (Å²) in [5.74, 6) is 2.20. The van der Waals surface area contributed by atoms with Crippen LogP contribution in [0.3, 0.4) is 0 Å². The van der Waals surface area contributed by atoms with Crippen LogP contribution in [0.1, 0.15) is 57.8 Å². The molecule has 150 valence electrons. The zero-order valence-electron chi connectivity index (χ0n) is 16.4. The molecule has 0 radical (unpaired) electrons. The molecule has 1 saturated heterocycles. The van der Waals surface area contributed by atoms with Crippen molar-refractivity contribution in [1.82, 2.24) is 10.2 Å². The van der Waals surface area contributed by atoms with Crippen LogP contribution in [0, 0.1) is 29.1 Å². The Bertz CT molecular complexity index is 574. The lowest BCUT2D eigenvalue weighted by atomic mass is 9.49. The molecule has 0 aromatic rings. The lowest BCUT2D eigenvalue weighted by Gasteiger charge is -2.56. The van der Waals surface area contributed by atoms with Gasteiger partial charge in [0.15, 0.2) is 0 Å². The monoisotopic (exact) mass is 376 g/mol. The Kier molecular flexibility index (Phi) is 5.17. The maximum atomic E-state index is 12.6. The van der Waals surface area contributed by atoms with Gasteiger partial charge < -0.3 is 15.0 Å². The lowest BCUT2D eigenvalue weighted by molar-refractivity contribution is -0.148. The second-order valence-corrected chi connectivity index (χ2v) is 9.55. The van der Waals surface area contributed by atoms with E-state index in [0.29, 0.717) is 32.4 Å². The maximum absolute atomic E-state index is 12.6. The Morgan fingerprint density at radius 2 is 1.56 bits per heavy atom. The fourth-order valence-electron chi connectivity index (χ4n) is 6.73. The average molecular weight is 376 g/mol. The number of nitrogens with one attached hydrogen (secondary N) is 1. The first-order valence-corrected chi connectivity index (χ1v) is 10.6. The zero-order valence-corrected chi connectivity index (χ0v) is 16.4. The van der Waals surface area contributed by atoms with Gasteiger partial charge in [-0.05, 0) is 74.5 Å². The highest BCUT2D eigenvalue weighted by atomic mass is 16.5. The highest BCUT2D eigenvalue weighted by Gasteiger charge is 2.51. The number of likely N-dealkylation sites (tertiary alicyclic amines) is 1. The molecule has 27 heavy (non-hydrogen) atoms. The van der Waals surface area contributed by atoms with E-state index in [9.17, 15) is 14.4 Å². The van der Waals surface area contributed by atoms with Gasteiger partial charge in [-0.2, -0.15) is 0 Å². The summed E-state index contributed by atoms with van der Waals surface area (Å²) < 4.78 is 4.78. The van der Waals surface area contributed by atoms with E-state index in [0.717, 1.165) is 17.8 Å². The molecule has 4 saturated carbocycles. The van der Waals surface area contributed by atoms with Crippen molar-refractivity contribution < 1.29 is 19.1 Å². The highest BCUT2D eigenvalue weighted by molar-refractivity contribution is 5.85. The smallest absolute Gasteiger partial charge is 0.308 e. The number of ether oxygens (including phenoxy) is 1. The number of amides is 2. The van der Waals surface area contributed by atoms with Gasteiger partial charge in [-0.1, -0.05) is 0 Å². The first kappa shape index (κ1) is 18.8. The van der Waals surface area contributed by atoms with E-state index in [-0.39, 0.29) is 35.7 Å². The Labute approximate surface area is 161 Å². The van der Waals surface area contributed by atoms with Gasteiger partial charge >= 0.3 is 5.97 Å². The summed E-state index contributed by atoms with van der Waals surface area (Å²) in [6, 6.07) is 0. The third kappa shape index (κ3) is 3.99. The molecule has 0 aromatic heterocycles. The highest BCUT2D eigenvalue weighted by Crippen LogP contribution is 2.61. The third-order valence-electron chi connectivity index (χ3n) is 7.52. The molecule has 0 aromatic carbocycles. The van der Waals surface area contributed by atoms with Crippen LogP contribution >= 0.6 is 0 Å². The molecule has 2 amide bonds. The van der Waals surface area contributed by atoms with Crippen molar-refractivity contribution in [2.75, 3.05) is 26.7 Å². The predicted octanol–water partition coefficient (Wildman–Crippen LogP) is 2.12. The van der Waals surface area contributed by atoms with Crippen LogP contribution in [0.5, 0.6) is 0 Å². The van der Waals surface area contributed by atoms with Crippen LogP contribution < -0.4 is 5.32 Å². The molecule has 6 heteroatoms. The summed E-state index contributed by atoms with van der Waals surface area (Å²) in [5, 5.41) is 2.88. The molecule has 1 aliphatic heterocycles. The number of carbonyl (C=O) groups excluding carboxylic acids is 3. The minimum absolute atomic E-state index is 0.0368. The van der Waals surface area contributed by atoms with E-state index < -0.39 is 0 Å². The average Bonchev–Trinajstić information content (AvgIpc) is 2.64. The standard InChI is InChI=1S/C21H32N2O4/c1-27-20(26)17-2-4-23(5-3-17)19(25)13-22-18(24)12-21-9-14-6-15(10-21)8-16(7-14)11-21/h14-17H,2-13H2,1H3,(H,22,24). The molecule has 6 nitrogen and oxygen atoms in total. The summed E-state index contributed by atoms with van der Waals surface area (Å²) in [7, 11) is 1.40. The number of piperidine rings is 1. The van der Waals surface area contributed by atoms with E-state index in [1.807, 2.05) is 0 Å². The van der Waals surface area contributed by atoms with E-state index in [1.165, 1.54) is 45.6 Å². The first-order valence-electron chi connectivity index (χ1n) is 10.6. The van der Waals surface area contributed by atoms with Crippen LogP contribution in [-0.4, -0.2) is 49.4 Å². The molecule has 5 rings (SSSR count). The molecule has 1 heterocycles. The molecule has 1 N–H and O–H groups in total. The number of carbonyl (C=O) groups is 3. The van der Waals surface area contributed by atoms with Gasteiger partial charge in [0.05, 0.1) is 19.6 Å². The number of methoxy groups -OCH3 is 1. The molecule has 0 atom stereocenters. The number of hydrogen-bond donors (Lipinski definition) is 1. The summed E-state index contributed by atoms with van der Waals surface area (Å²) >= 11 is 0. The van der Waals surface area contributed by atoms with E-state index >= 15 is 0 Å². The number of hydrogen-bond acceptors (Lipinski definition) is 4. The van der Waals surface area contributed by atoms with Crippen LogP contribution in [0.15, 0.2) is 0 Å². The van der Waals surface area contributed by atoms with Crippen molar-refractivity contribution in [3.8, 4) is 0 Å². The van der Waals surface area contributed by atoms with E-state index in [1.54, 1.807) is 4.90 Å². The second kappa shape index (κ2) is 7.44. The number of esters is 1. The van der Waals surface area contributed by atoms with Gasteiger partial charge in [-0.15, -0.1) is 0 Å². The molecule has 5 aliphatic rings. The van der Waals surface area contributed by atoms with Crippen molar-refractivity contribution >= 4 is 17.8 Å². The second-order valence-electron chi connectivity index (χ2n) is 9.55. The SMILES string of the molecule is COC(=O)C1CCN(C(=O)CNC(=O)CC23CC4CC(CC(C4)C2)C3)CC1. The molecule has 4 aliphatic carbocycles. The summed E-state index contributed by atoms with van der Waals surface area (Å²) in [6.07, 6.45) is 9.63. The fraction of sp³-hybridized carbons (Fsp3) is 0.857. The van der Waals surface area contributed by atoms with E-state index in [4.69, 9.17) is 4.74 Å². The molecule has 4 bridgehead atoms. The normalized spacial score (nSPS) is 35.1. The summed E-state index contributed by atoms with van der Waals surface area (Å²) in [5.41, 5.74) is 0.209. The van der Waals surface area contributed by atoms with Gasteiger partial charge in [-0.3, -0.25) is 14.4 Å². The zero-order chi connectivity index (χ0) is 19.0. The van der Waals surface area contributed by atoms with Crippen LogP contribution in [-0.2, 0) is 19.1 Å². The Morgan fingerprint density at radius 1 is 1.00 bits per heavy atom. The molecular weight excluding hydrogens is 344 g/mol. The summed E-state index contributed by atoms with van der Waals surface area (Å²) in [4.78, 5) is 38.3. The quantitative estimate of drug-likeness (QED) is 0.746. The maximum Gasteiger partial charge on any atom is 0.308 e. The minimum atomic E-state index is -0.189. The van der Waals surface area contributed by atoms with Crippen molar-refractivity contribution in [1.29, 1.82) is 0 Å². The van der Waals surface area contributed by atoms with Crippen molar-refractivity contribution in [3.63, 3.8) is 0 Å². The van der Waals surface area contributed by atoms with Crippen molar-refractivity contribution in [2.24, 2.45) is 29.1 Å². The topological polar surface area (TPSA) is 75.7 Å². The van der Waals surface area contributed by atoms with Gasteiger partial charge in [0, 0.05) is 19.5 Å². The van der Waals surface area contributed by atoms with Crippen LogP contribution in [0.4, 0.5) is 0 Å². The van der Waals surface area contributed by atoms with Gasteiger partial charge in [-0.25, -0.2) is 0 Å². The Balaban J connectivity index is 1.22. The van der Waals surface area contributed by atoms with Gasteiger partial charge in [0.25, 0.3) is 0 Å². The summed E-state index contributed by atoms with van der Waals surface area (Å²) in [6.45, 7) is 1.20. The third-order valence-corrected chi connectivity index (χ3v) is 7.52. The lowest BCUT2D eigenvalue weighted by Crippen LogP contribution is -2.49. The van der Waals surface area contributed by atoms with E-state index in [2.05, 4.69) is 5.32 Å². The van der Waals surface area contributed by atoms with Gasteiger partial charge in [0.1, 0.15) is 0 Å². The van der Waals surface area contributed by atoms with Crippen molar-refractivity contribution in [2.45, 2.75) is 57.8 Å². The molecule has 0 spiro atoms. The van der Waals surface area contributed by atoms with Crippen LogP contribution in [0.2, 0.25) is 0 Å². The molecule has 0 unspecified atom stereocenters. The van der Waals surface area contributed by atoms with Crippen LogP contribution in [0.25, 0.3) is 0 Å². The minimum Gasteiger partial charge on any atom is -0.469 e. The number of rotatable bonds is 5.